The number of phenolic OH excluding ortho intramolecular Hbond substituents is 1. The maximum atomic E-state index is 11.1. The molecule has 0 amide bonds. The number of hydrazone groups is 1. The van der Waals surface area contributed by atoms with Crippen molar-refractivity contribution in [3.05, 3.63) is 40.1 Å². The lowest BCUT2D eigenvalue weighted by molar-refractivity contribution is -0.383. The predicted octanol–water partition coefficient (Wildman–Crippen LogP) is 1.74. The number of fused-ring (bicyclic) bond motifs is 1. The topological polar surface area (TPSA) is 91.9 Å². The second kappa shape index (κ2) is 4.89. The first kappa shape index (κ1) is 12.7. The van der Waals surface area contributed by atoms with E-state index in [9.17, 15) is 15.2 Å². The number of hydrogen-bond acceptors (Lipinski definition) is 6. The van der Waals surface area contributed by atoms with Gasteiger partial charge >= 0.3 is 0 Å². The van der Waals surface area contributed by atoms with Crippen molar-refractivity contribution >= 4 is 22.8 Å². The number of nitro groups is 1. The highest BCUT2D eigenvalue weighted by molar-refractivity contribution is 6.00. The van der Waals surface area contributed by atoms with Gasteiger partial charge in [-0.15, -0.1) is 0 Å². The van der Waals surface area contributed by atoms with Crippen LogP contribution in [0, 0.1) is 10.1 Å². The van der Waals surface area contributed by atoms with E-state index in [-0.39, 0.29) is 22.5 Å². The lowest BCUT2D eigenvalue weighted by Crippen LogP contribution is -2.02. The van der Waals surface area contributed by atoms with Crippen LogP contribution in [0.4, 0.5) is 5.69 Å². The molecule has 98 valence electrons. The SMILES string of the molecule is CN(C)/N=C/c1cc([N+](=O)[O-])c2cccnc2c1O. The number of benzene rings is 1. The van der Waals surface area contributed by atoms with Crippen molar-refractivity contribution in [2.75, 3.05) is 14.1 Å². The van der Waals surface area contributed by atoms with Crippen molar-refractivity contribution in [2.45, 2.75) is 0 Å². The molecule has 0 saturated heterocycles. The summed E-state index contributed by atoms with van der Waals surface area (Å²) in [5.74, 6) is -0.119. The fourth-order valence-corrected chi connectivity index (χ4v) is 1.66. The van der Waals surface area contributed by atoms with Crippen LogP contribution in [0.2, 0.25) is 0 Å². The summed E-state index contributed by atoms with van der Waals surface area (Å²) in [6.45, 7) is 0. The van der Waals surface area contributed by atoms with Crippen molar-refractivity contribution in [1.82, 2.24) is 9.99 Å². The van der Waals surface area contributed by atoms with Crippen LogP contribution in [0.25, 0.3) is 10.9 Å². The molecule has 0 atom stereocenters. The second-order valence-electron chi connectivity index (χ2n) is 4.08. The van der Waals surface area contributed by atoms with Crippen LogP contribution in [-0.2, 0) is 0 Å². The van der Waals surface area contributed by atoms with Gasteiger partial charge in [-0.3, -0.25) is 15.1 Å². The zero-order chi connectivity index (χ0) is 14.0. The van der Waals surface area contributed by atoms with Crippen molar-refractivity contribution in [3.8, 4) is 5.75 Å². The second-order valence-corrected chi connectivity index (χ2v) is 4.08. The molecule has 7 nitrogen and oxygen atoms in total. The van der Waals surface area contributed by atoms with Crippen LogP contribution in [0.5, 0.6) is 5.75 Å². The Labute approximate surface area is 109 Å². The Hall–Kier alpha value is -2.70. The average Bonchev–Trinajstić information content (AvgIpc) is 2.37. The molecule has 0 aliphatic rings. The van der Waals surface area contributed by atoms with E-state index in [0.717, 1.165) is 0 Å². The van der Waals surface area contributed by atoms with Gasteiger partial charge in [0, 0.05) is 31.9 Å². The predicted molar refractivity (Wildman–Crippen MR) is 71.3 cm³/mol. The number of non-ortho nitro benzene ring substituents is 1. The minimum Gasteiger partial charge on any atom is -0.505 e. The van der Waals surface area contributed by atoms with Gasteiger partial charge in [0.25, 0.3) is 5.69 Å². The summed E-state index contributed by atoms with van der Waals surface area (Å²) in [4.78, 5) is 14.5. The smallest absolute Gasteiger partial charge is 0.279 e. The molecule has 1 aromatic carbocycles. The van der Waals surface area contributed by atoms with Crippen LogP contribution in [-0.4, -0.2) is 40.3 Å². The number of hydrogen-bond donors (Lipinski definition) is 1. The summed E-state index contributed by atoms with van der Waals surface area (Å²) in [5.41, 5.74) is 0.338. The standard InChI is InChI=1S/C12H12N4O3/c1-15(2)14-7-8-6-10(16(18)19)9-4-3-5-13-11(9)12(8)17/h3-7,17H,1-2H3/b14-7+. The number of nitro benzene ring substituents is 1. The molecular weight excluding hydrogens is 248 g/mol. The Kier molecular flexibility index (Phi) is 3.28. The van der Waals surface area contributed by atoms with E-state index in [4.69, 9.17) is 0 Å². The van der Waals surface area contributed by atoms with Gasteiger partial charge in [0.2, 0.25) is 0 Å². The Morgan fingerprint density at radius 3 is 2.89 bits per heavy atom. The summed E-state index contributed by atoms with van der Waals surface area (Å²) in [6.07, 6.45) is 2.83. The summed E-state index contributed by atoms with van der Waals surface area (Å²) < 4.78 is 0. The third-order valence-corrected chi connectivity index (χ3v) is 2.50. The molecule has 7 heteroatoms. The average molecular weight is 260 g/mol. The van der Waals surface area contributed by atoms with Gasteiger partial charge in [-0.25, -0.2) is 0 Å². The molecule has 0 unspecified atom stereocenters. The molecule has 2 aromatic rings. The largest absolute Gasteiger partial charge is 0.505 e. The first-order valence-electron chi connectivity index (χ1n) is 5.47. The molecule has 0 spiro atoms. The van der Waals surface area contributed by atoms with Gasteiger partial charge in [-0.1, -0.05) is 0 Å². The maximum Gasteiger partial charge on any atom is 0.279 e. The molecule has 1 N–H and O–H groups in total. The first-order chi connectivity index (χ1) is 9.00. The molecule has 2 rings (SSSR count). The van der Waals surface area contributed by atoms with Crippen LogP contribution in [0.15, 0.2) is 29.5 Å². The third kappa shape index (κ3) is 2.44. The maximum absolute atomic E-state index is 11.1. The number of aromatic hydroxyl groups is 1. The summed E-state index contributed by atoms with van der Waals surface area (Å²) in [6, 6.07) is 4.42. The van der Waals surface area contributed by atoms with Crippen molar-refractivity contribution in [2.24, 2.45) is 5.10 Å². The molecule has 0 radical (unpaired) electrons. The molecule has 1 aromatic heterocycles. The Bertz CT molecular complexity index is 667. The minimum absolute atomic E-state index is 0.110. The molecular formula is C12H12N4O3. The molecule has 19 heavy (non-hydrogen) atoms. The molecule has 1 heterocycles. The molecule has 0 aliphatic heterocycles. The summed E-state index contributed by atoms with van der Waals surface area (Å²) in [7, 11) is 3.42. The summed E-state index contributed by atoms with van der Waals surface area (Å²) >= 11 is 0. The van der Waals surface area contributed by atoms with E-state index in [1.54, 1.807) is 26.2 Å². The monoisotopic (exact) mass is 260 g/mol. The van der Waals surface area contributed by atoms with Crippen LogP contribution in [0.3, 0.4) is 0 Å². The van der Waals surface area contributed by atoms with E-state index >= 15 is 0 Å². The van der Waals surface area contributed by atoms with Gasteiger partial charge in [0.15, 0.2) is 5.75 Å². The molecule has 0 bridgehead atoms. The number of rotatable bonds is 3. The van der Waals surface area contributed by atoms with Crippen molar-refractivity contribution < 1.29 is 10.0 Å². The fraction of sp³-hybridized carbons (Fsp3) is 0.167. The Morgan fingerprint density at radius 2 is 2.26 bits per heavy atom. The minimum atomic E-state index is -0.504. The van der Waals surface area contributed by atoms with Crippen LogP contribution < -0.4 is 0 Å². The zero-order valence-corrected chi connectivity index (χ0v) is 10.4. The fourth-order valence-electron chi connectivity index (χ4n) is 1.66. The number of nitrogens with zero attached hydrogens (tertiary/aromatic N) is 4. The van der Waals surface area contributed by atoms with Gasteiger partial charge in [-0.05, 0) is 12.1 Å². The molecule has 0 fully saturated rings. The zero-order valence-electron chi connectivity index (χ0n) is 10.4. The van der Waals surface area contributed by atoms with E-state index in [0.29, 0.717) is 5.39 Å². The van der Waals surface area contributed by atoms with Gasteiger partial charge in [-0.2, -0.15) is 5.10 Å². The highest BCUT2D eigenvalue weighted by atomic mass is 16.6. The van der Waals surface area contributed by atoms with Crippen LogP contribution >= 0.6 is 0 Å². The number of aromatic nitrogens is 1. The lowest BCUT2D eigenvalue weighted by Gasteiger charge is -2.06. The Balaban J connectivity index is 2.73. The third-order valence-electron chi connectivity index (χ3n) is 2.50. The first-order valence-corrected chi connectivity index (χ1v) is 5.47. The highest BCUT2D eigenvalue weighted by Crippen LogP contribution is 2.33. The number of phenols is 1. The number of pyridine rings is 1. The van der Waals surface area contributed by atoms with Crippen LogP contribution in [0.1, 0.15) is 5.56 Å². The van der Waals surface area contributed by atoms with Crippen molar-refractivity contribution in [3.63, 3.8) is 0 Å². The van der Waals surface area contributed by atoms with E-state index < -0.39 is 4.92 Å². The normalized spacial score (nSPS) is 11.1. The van der Waals surface area contributed by atoms with Gasteiger partial charge in [0.1, 0.15) is 5.52 Å². The Morgan fingerprint density at radius 1 is 1.53 bits per heavy atom. The van der Waals surface area contributed by atoms with E-state index in [1.165, 1.54) is 23.5 Å². The lowest BCUT2D eigenvalue weighted by atomic mass is 10.1. The quantitative estimate of drug-likeness (QED) is 0.515. The molecule has 0 aliphatic carbocycles. The van der Waals surface area contributed by atoms with E-state index in [1.807, 2.05) is 0 Å². The highest BCUT2D eigenvalue weighted by Gasteiger charge is 2.18. The summed E-state index contributed by atoms with van der Waals surface area (Å²) in [5, 5.41) is 26.9. The van der Waals surface area contributed by atoms with E-state index in [2.05, 4.69) is 10.1 Å². The van der Waals surface area contributed by atoms with Gasteiger partial charge < -0.3 is 10.1 Å². The van der Waals surface area contributed by atoms with Gasteiger partial charge in [0.05, 0.1) is 16.5 Å². The van der Waals surface area contributed by atoms with Crippen molar-refractivity contribution in [1.29, 1.82) is 0 Å². The molecule has 0 saturated carbocycles.